The summed E-state index contributed by atoms with van der Waals surface area (Å²) in [6.45, 7) is 8.53. The molecule has 1 N–H and O–H groups in total. The number of nitrogens with zero attached hydrogens (tertiary/aromatic N) is 2. The van der Waals surface area contributed by atoms with Crippen molar-refractivity contribution in [3.05, 3.63) is 0 Å². The van der Waals surface area contributed by atoms with E-state index in [0.717, 1.165) is 18.8 Å². The summed E-state index contributed by atoms with van der Waals surface area (Å²) in [6, 6.07) is 3.15. The Kier molecular flexibility index (Phi) is 12.6. The van der Waals surface area contributed by atoms with Crippen LogP contribution in [0.1, 0.15) is 85.0 Å². The van der Waals surface area contributed by atoms with Crippen LogP contribution in [0.2, 0.25) is 0 Å². The zero-order chi connectivity index (χ0) is 19.9. The minimum atomic E-state index is -1.06. The monoisotopic (exact) mass is 377 g/mol. The van der Waals surface area contributed by atoms with Gasteiger partial charge in [0, 0.05) is 18.9 Å². The first-order valence-corrected chi connectivity index (χ1v) is 10.8. The third-order valence-corrected chi connectivity index (χ3v) is 5.22. The first-order valence-electron chi connectivity index (χ1n) is 10.8. The van der Waals surface area contributed by atoms with Gasteiger partial charge in [-0.25, -0.2) is 4.58 Å². The standard InChI is InChI=1S/C22H39N3O2/c1-4-5-6-7-8-9-10-11-12-13-15-23-21(3)24-16-14-20(2)25(18-17-24)19-22(26)27/h21,23H,4-13,15,17-19H2,1-3H3. The molecule has 1 rings (SSSR count). The summed E-state index contributed by atoms with van der Waals surface area (Å²) in [5.41, 5.74) is 0.795. The number of carbonyl (C=O) groups is 1. The largest absolute Gasteiger partial charge is 0.544 e. The molecule has 154 valence electrons. The summed E-state index contributed by atoms with van der Waals surface area (Å²) in [7, 11) is 0. The fourth-order valence-corrected chi connectivity index (χ4v) is 3.36. The molecule has 1 heterocycles. The van der Waals surface area contributed by atoms with E-state index in [2.05, 4.69) is 36.0 Å². The normalized spacial score (nSPS) is 15.3. The van der Waals surface area contributed by atoms with Gasteiger partial charge in [-0.05, 0) is 19.9 Å². The highest BCUT2D eigenvalue weighted by Crippen LogP contribution is 2.10. The maximum Gasteiger partial charge on any atom is 0.226 e. The van der Waals surface area contributed by atoms with Crippen LogP contribution in [0.5, 0.6) is 0 Å². The molecule has 1 aliphatic rings. The van der Waals surface area contributed by atoms with Crippen molar-refractivity contribution >= 4 is 11.7 Å². The van der Waals surface area contributed by atoms with Crippen molar-refractivity contribution in [2.75, 3.05) is 26.2 Å². The van der Waals surface area contributed by atoms with Crippen molar-refractivity contribution in [2.24, 2.45) is 0 Å². The number of hydrogen-bond donors (Lipinski definition) is 1. The van der Waals surface area contributed by atoms with E-state index in [1.165, 1.54) is 64.2 Å². The maximum atomic E-state index is 10.8. The van der Waals surface area contributed by atoms with Crippen molar-refractivity contribution in [2.45, 2.75) is 91.1 Å². The van der Waals surface area contributed by atoms with Gasteiger partial charge in [0.2, 0.25) is 5.71 Å². The van der Waals surface area contributed by atoms with Crippen LogP contribution in [0.15, 0.2) is 0 Å². The lowest BCUT2D eigenvalue weighted by atomic mass is 10.1. The molecule has 0 spiro atoms. The molecule has 0 aromatic heterocycles. The number of rotatable bonds is 15. The molecular formula is C22H39N3O2. The van der Waals surface area contributed by atoms with Crippen LogP contribution in [0.3, 0.4) is 0 Å². The number of carbonyl (C=O) groups excluding carboxylic acids is 1. The molecule has 1 atom stereocenters. The molecule has 0 aliphatic carbocycles. The number of aliphatic carboxylic acids is 1. The predicted molar refractivity (Wildman–Crippen MR) is 109 cm³/mol. The second-order valence-electron chi connectivity index (χ2n) is 7.62. The van der Waals surface area contributed by atoms with Gasteiger partial charge >= 0.3 is 0 Å². The van der Waals surface area contributed by atoms with Gasteiger partial charge in [-0.15, -0.1) is 0 Å². The molecule has 0 amide bonds. The Balaban J connectivity index is 2.10. The summed E-state index contributed by atoms with van der Waals surface area (Å²) in [4.78, 5) is 12.9. The van der Waals surface area contributed by atoms with Gasteiger partial charge in [-0.1, -0.05) is 64.7 Å². The lowest BCUT2D eigenvalue weighted by molar-refractivity contribution is -0.527. The van der Waals surface area contributed by atoms with Crippen molar-refractivity contribution in [1.82, 2.24) is 10.2 Å². The highest BCUT2D eigenvalue weighted by Gasteiger charge is 2.18. The summed E-state index contributed by atoms with van der Waals surface area (Å²) in [6.07, 6.45) is 13.6. The van der Waals surface area contributed by atoms with Crippen LogP contribution in [0, 0.1) is 12.0 Å². The third kappa shape index (κ3) is 11.0. The highest BCUT2D eigenvalue weighted by molar-refractivity contribution is 5.94. The SMILES string of the molecule is CCCCCCCCCCCCNC(C)N1C#CC(C)=[N+](CC(=O)[O-])CC1. The van der Waals surface area contributed by atoms with E-state index < -0.39 is 5.97 Å². The van der Waals surface area contributed by atoms with E-state index in [-0.39, 0.29) is 12.7 Å². The van der Waals surface area contributed by atoms with Gasteiger partial charge in [0.15, 0.2) is 13.1 Å². The number of carboxylic acid groups (broad SMARTS) is 1. The fraction of sp³-hybridized carbons (Fsp3) is 0.818. The van der Waals surface area contributed by atoms with Crippen molar-refractivity contribution < 1.29 is 14.5 Å². The van der Waals surface area contributed by atoms with Gasteiger partial charge < -0.3 is 14.8 Å². The first kappa shape index (κ1) is 23.5. The van der Waals surface area contributed by atoms with Crippen molar-refractivity contribution in [1.29, 1.82) is 0 Å². The highest BCUT2D eigenvalue weighted by atomic mass is 16.4. The molecule has 0 fully saturated rings. The Labute approximate surface area is 166 Å². The Morgan fingerprint density at radius 2 is 1.74 bits per heavy atom. The van der Waals surface area contributed by atoms with Gasteiger partial charge in [-0.2, -0.15) is 0 Å². The number of hydrogen-bond acceptors (Lipinski definition) is 4. The van der Waals surface area contributed by atoms with Crippen LogP contribution >= 0.6 is 0 Å². The molecule has 0 saturated heterocycles. The second kappa shape index (κ2) is 14.5. The van der Waals surface area contributed by atoms with Crippen LogP contribution in [-0.2, 0) is 4.79 Å². The Bertz CT molecular complexity index is 519. The summed E-state index contributed by atoms with van der Waals surface area (Å²) < 4.78 is 1.78. The van der Waals surface area contributed by atoms with Gasteiger partial charge in [0.05, 0.1) is 12.7 Å². The van der Waals surface area contributed by atoms with Gasteiger partial charge in [0.25, 0.3) is 0 Å². The summed E-state index contributed by atoms with van der Waals surface area (Å²) in [5.74, 6) is 2.00. The fourth-order valence-electron chi connectivity index (χ4n) is 3.36. The zero-order valence-corrected chi connectivity index (χ0v) is 17.7. The first-order chi connectivity index (χ1) is 13.0. The van der Waals surface area contributed by atoms with Crippen LogP contribution in [0.4, 0.5) is 0 Å². The quantitative estimate of drug-likeness (QED) is 0.270. The van der Waals surface area contributed by atoms with E-state index in [0.29, 0.717) is 6.54 Å². The molecule has 1 unspecified atom stereocenters. The second-order valence-corrected chi connectivity index (χ2v) is 7.62. The van der Waals surface area contributed by atoms with Crippen LogP contribution < -0.4 is 10.4 Å². The lowest BCUT2D eigenvalue weighted by Crippen LogP contribution is -2.44. The maximum absolute atomic E-state index is 10.8. The number of nitrogens with one attached hydrogen (secondary N) is 1. The van der Waals surface area contributed by atoms with Crippen LogP contribution in [0.25, 0.3) is 0 Å². The number of carboxylic acids is 1. The smallest absolute Gasteiger partial charge is 0.226 e. The molecule has 5 nitrogen and oxygen atoms in total. The van der Waals surface area contributed by atoms with Crippen molar-refractivity contribution in [3.8, 4) is 12.0 Å². The third-order valence-electron chi connectivity index (χ3n) is 5.22. The van der Waals surface area contributed by atoms with Gasteiger partial charge in [0.1, 0.15) is 5.97 Å². The molecule has 0 aromatic carbocycles. The Morgan fingerprint density at radius 1 is 1.15 bits per heavy atom. The minimum absolute atomic E-state index is 0.0885. The molecule has 0 aromatic rings. The average Bonchev–Trinajstić information content (AvgIpc) is 2.81. The molecule has 0 bridgehead atoms. The van der Waals surface area contributed by atoms with E-state index in [4.69, 9.17) is 0 Å². The topological polar surface area (TPSA) is 58.4 Å². The predicted octanol–water partition coefficient (Wildman–Crippen LogP) is 2.34. The Hall–Kier alpha value is -1.54. The molecule has 0 saturated carbocycles. The van der Waals surface area contributed by atoms with E-state index >= 15 is 0 Å². The molecule has 0 radical (unpaired) electrons. The minimum Gasteiger partial charge on any atom is -0.544 e. The molecular weight excluding hydrogens is 338 g/mol. The molecule has 27 heavy (non-hydrogen) atoms. The van der Waals surface area contributed by atoms with Gasteiger partial charge in [-0.3, -0.25) is 5.32 Å². The molecule has 1 aliphatic heterocycles. The van der Waals surface area contributed by atoms with Crippen LogP contribution in [-0.4, -0.2) is 53.5 Å². The van der Waals surface area contributed by atoms with E-state index in [9.17, 15) is 9.90 Å². The van der Waals surface area contributed by atoms with Crippen molar-refractivity contribution in [3.63, 3.8) is 0 Å². The summed E-state index contributed by atoms with van der Waals surface area (Å²) in [5, 5.41) is 14.4. The molecule has 5 heteroatoms. The summed E-state index contributed by atoms with van der Waals surface area (Å²) >= 11 is 0. The Morgan fingerprint density at radius 3 is 2.33 bits per heavy atom. The average molecular weight is 378 g/mol. The van der Waals surface area contributed by atoms with E-state index in [1.807, 2.05) is 6.92 Å². The zero-order valence-electron chi connectivity index (χ0n) is 17.7. The lowest BCUT2D eigenvalue weighted by Gasteiger charge is -2.24. The number of unbranched alkanes of at least 4 members (excludes halogenated alkanes) is 9. The van der Waals surface area contributed by atoms with E-state index in [1.54, 1.807) is 4.58 Å².